The maximum absolute atomic E-state index is 5.82. The highest BCUT2D eigenvalue weighted by atomic mass is 35.5. The third-order valence-electron chi connectivity index (χ3n) is 3.60. The van der Waals surface area contributed by atoms with Gasteiger partial charge in [0.25, 0.3) is 0 Å². The number of rotatable bonds is 5. The van der Waals surface area contributed by atoms with Crippen molar-refractivity contribution in [3.8, 4) is 0 Å². The summed E-state index contributed by atoms with van der Waals surface area (Å²) < 4.78 is 0. The first-order valence-corrected chi connectivity index (χ1v) is 6.59. The predicted molar refractivity (Wildman–Crippen MR) is 71.6 cm³/mol. The summed E-state index contributed by atoms with van der Waals surface area (Å²) in [6, 6.07) is 8.07. The number of aromatic nitrogens is 2. The van der Waals surface area contributed by atoms with Crippen LogP contribution in [-0.2, 0) is 0 Å². The van der Waals surface area contributed by atoms with Gasteiger partial charge in [-0.3, -0.25) is 0 Å². The molecule has 3 rings (SSSR count). The Hall–Kier alpha value is -1.22. The van der Waals surface area contributed by atoms with Gasteiger partial charge in [-0.2, -0.15) is 0 Å². The van der Waals surface area contributed by atoms with E-state index in [0.29, 0.717) is 5.41 Å². The molecule has 4 heteroatoms. The van der Waals surface area contributed by atoms with Crippen LogP contribution in [0, 0.1) is 5.41 Å². The minimum absolute atomic E-state index is 0.431. The second kappa shape index (κ2) is 4.22. The standard InChI is InChI=1S/C13H16ClN3/c14-8-7-13(5-6-13)9-15-12-16-10-3-1-2-4-11(10)17-12/h1-4H,5-9H2,(H2,15,16,17). The molecule has 0 spiro atoms. The van der Waals surface area contributed by atoms with E-state index >= 15 is 0 Å². The molecule has 3 nitrogen and oxygen atoms in total. The van der Waals surface area contributed by atoms with E-state index < -0.39 is 0 Å². The minimum atomic E-state index is 0.431. The zero-order chi connectivity index (χ0) is 11.7. The molecule has 90 valence electrons. The summed E-state index contributed by atoms with van der Waals surface area (Å²) >= 11 is 5.82. The Bertz CT molecular complexity index is 483. The second-order valence-electron chi connectivity index (χ2n) is 4.90. The van der Waals surface area contributed by atoms with Crippen molar-refractivity contribution >= 4 is 28.6 Å². The third-order valence-corrected chi connectivity index (χ3v) is 3.79. The molecule has 17 heavy (non-hydrogen) atoms. The molecule has 2 aromatic rings. The lowest BCUT2D eigenvalue weighted by Crippen LogP contribution is -2.16. The smallest absolute Gasteiger partial charge is 0.201 e. The van der Waals surface area contributed by atoms with Gasteiger partial charge in [0, 0.05) is 12.4 Å². The number of hydrogen-bond acceptors (Lipinski definition) is 2. The number of para-hydroxylation sites is 2. The molecule has 0 amide bonds. The molecule has 0 unspecified atom stereocenters. The molecular formula is C13H16ClN3. The molecule has 0 bridgehead atoms. The number of imidazole rings is 1. The number of H-pyrrole nitrogens is 1. The van der Waals surface area contributed by atoms with Crippen molar-refractivity contribution in [1.29, 1.82) is 0 Å². The summed E-state index contributed by atoms with van der Waals surface area (Å²) in [6.45, 7) is 0.972. The summed E-state index contributed by atoms with van der Waals surface area (Å²) in [5.74, 6) is 1.62. The van der Waals surface area contributed by atoms with E-state index in [1.54, 1.807) is 0 Å². The van der Waals surface area contributed by atoms with Crippen LogP contribution in [0.1, 0.15) is 19.3 Å². The molecule has 1 aliphatic carbocycles. The van der Waals surface area contributed by atoms with Crippen LogP contribution in [0.5, 0.6) is 0 Å². The maximum Gasteiger partial charge on any atom is 0.201 e. The highest BCUT2D eigenvalue weighted by Crippen LogP contribution is 2.48. The van der Waals surface area contributed by atoms with Gasteiger partial charge in [-0.25, -0.2) is 4.98 Å². The van der Waals surface area contributed by atoms with Crippen LogP contribution in [0.25, 0.3) is 11.0 Å². The summed E-state index contributed by atoms with van der Waals surface area (Å²) in [7, 11) is 0. The highest BCUT2D eigenvalue weighted by molar-refractivity contribution is 6.17. The van der Waals surface area contributed by atoms with E-state index in [0.717, 1.165) is 35.8 Å². The molecule has 1 heterocycles. The Morgan fingerprint density at radius 3 is 2.88 bits per heavy atom. The van der Waals surface area contributed by atoms with Crippen LogP contribution in [0.4, 0.5) is 5.95 Å². The van der Waals surface area contributed by atoms with Gasteiger partial charge in [0.15, 0.2) is 0 Å². The molecule has 1 saturated carbocycles. The minimum Gasteiger partial charge on any atom is -0.355 e. The third kappa shape index (κ3) is 2.25. The lowest BCUT2D eigenvalue weighted by Gasteiger charge is -2.13. The molecule has 2 N–H and O–H groups in total. The van der Waals surface area contributed by atoms with Crippen molar-refractivity contribution in [1.82, 2.24) is 9.97 Å². The quantitative estimate of drug-likeness (QED) is 0.798. The van der Waals surface area contributed by atoms with Gasteiger partial charge in [0.2, 0.25) is 5.95 Å². The van der Waals surface area contributed by atoms with Crippen LogP contribution in [0.3, 0.4) is 0 Å². The molecule has 0 radical (unpaired) electrons. The second-order valence-corrected chi connectivity index (χ2v) is 5.27. The van der Waals surface area contributed by atoms with E-state index in [4.69, 9.17) is 11.6 Å². The predicted octanol–water partition coefficient (Wildman–Crippen LogP) is 3.38. The average molecular weight is 250 g/mol. The van der Waals surface area contributed by atoms with Gasteiger partial charge in [-0.05, 0) is 36.8 Å². The van der Waals surface area contributed by atoms with Crippen molar-refractivity contribution in [3.05, 3.63) is 24.3 Å². The number of benzene rings is 1. The van der Waals surface area contributed by atoms with Crippen molar-refractivity contribution in [2.45, 2.75) is 19.3 Å². The first-order valence-electron chi connectivity index (χ1n) is 6.06. The Labute approximate surface area is 106 Å². The van der Waals surface area contributed by atoms with Crippen molar-refractivity contribution in [3.63, 3.8) is 0 Å². The number of nitrogens with one attached hydrogen (secondary N) is 2. The largest absolute Gasteiger partial charge is 0.355 e. The number of alkyl halides is 1. The van der Waals surface area contributed by atoms with Gasteiger partial charge >= 0.3 is 0 Å². The van der Waals surface area contributed by atoms with Gasteiger partial charge < -0.3 is 10.3 Å². The SMILES string of the molecule is ClCCC1(CNc2nc3ccccc3[nH]2)CC1. The number of fused-ring (bicyclic) bond motifs is 1. The van der Waals surface area contributed by atoms with Crippen LogP contribution in [-0.4, -0.2) is 22.4 Å². The van der Waals surface area contributed by atoms with Gasteiger partial charge in [0.05, 0.1) is 11.0 Å². The Morgan fingerprint density at radius 2 is 2.18 bits per heavy atom. The summed E-state index contributed by atoms with van der Waals surface area (Å²) in [5.41, 5.74) is 2.52. The fourth-order valence-electron chi connectivity index (χ4n) is 2.20. The van der Waals surface area contributed by atoms with Crippen molar-refractivity contribution in [2.24, 2.45) is 5.41 Å². The van der Waals surface area contributed by atoms with Crippen molar-refractivity contribution < 1.29 is 0 Å². The fraction of sp³-hybridized carbons (Fsp3) is 0.462. The zero-order valence-electron chi connectivity index (χ0n) is 9.67. The van der Waals surface area contributed by atoms with E-state index in [1.807, 2.05) is 24.3 Å². The monoisotopic (exact) mass is 249 g/mol. The number of nitrogens with zero attached hydrogens (tertiary/aromatic N) is 1. The Balaban J connectivity index is 1.69. The van der Waals surface area contributed by atoms with Crippen LogP contribution < -0.4 is 5.32 Å². The van der Waals surface area contributed by atoms with Gasteiger partial charge in [0.1, 0.15) is 0 Å². The van der Waals surface area contributed by atoms with E-state index in [9.17, 15) is 0 Å². The zero-order valence-corrected chi connectivity index (χ0v) is 10.4. The first kappa shape index (κ1) is 10.9. The summed E-state index contributed by atoms with van der Waals surface area (Å²) in [6.07, 6.45) is 3.67. The van der Waals surface area contributed by atoms with Crippen molar-refractivity contribution in [2.75, 3.05) is 17.7 Å². The number of halogens is 1. The molecule has 0 aliphatic heterocycles. The molecule has 0 atom stereocenters. The molecule has 1 aliphatic rings. The number of aromatic amines is 1. The van der Waals surface area contributed by atoms with E-state index in [2.05, 4.69) is 15.3 Å². The molecular weight excluding hydrogens is 234 g/mol. The first-order chi connectivity index (χ1) is 8.31. The maximum atomic E-state index is 5.82. The van der Waals surface area contributed by atoms with Crippen LogP contribution >= 0.6 is 11.6 Å². The molecule has 0 saturated heterocycles. The molecule has 1 aromatic heterocycles. The molecule has 1 aromatic carbocycles. The van der Waals surface area contributed by atoms with Gasteiger partial charge in [-0.15, -0.1) is 11.6 Å². The summed E-state index contributed by atoms with van der Waals surface area (Å²) in [4.78, 5) is 7.79. The summed E-state index contributed by atoms with van der Waals surface area (Å²) in [5, 5.41) is 3.40. The lowest BCUT2D eigenvalue weighted by atomic mass is 10.0. The van der Waals surface area contributed by atoms with Crippen LogP contribution in [0.15, 0.2) is 24.3 Å². The number of hydrogen-bond donors (Lipinski definition) is 2. The van der Waals surface area contributed by atoms with E-state index in [1.165, 1.54) is 12.8 Å². The van der Waals surface area contributed by atoms with E-state index in [-0.39, 0.29) is 0 Å². The van der Waals surface area contributed by atoms with Crippen LogP contribution in [0.2, 0.25) is 0 Å². The normalized spacial score (nSPS) is 17.2. The average Bonchev–Trinajstić information content (AvgIpc) is 2.98. The Morgan fingerprint density at radius 1 is 1.35 bits per heavy atom. The highest BCUT2D eigenvalue weighted by Gasteiger charge is 2.41. The Kier molecular flexibility index (Phi) is 2.71. The van der Waals surface area contributed by atoms with Gasteiger partial charge in [-0.1, -0.05) is 12.1 Å². The number of anilines is 1. The topological polar surface area (TPSA) is 40.7 Å². The molecule has 1 fully saturated rings. The fourth-order valence-corrected chi connectivity index (χ4v) is 2.60. The lowest BCUT2D eigenvalue weighted by molar-refractivity contribution is 0.523.